The Morgan fingerprint density at radius 3 is 2.50 bits per heavy atom. The molecule has 0 saturated carbocycles. The number of nitrogens with zero attached hydrogens (tertiary/aromatic N) is 1. The number of anilines is 1. The summed E-state index contributed by atoms with van der Waals surface area (Å²) in [6, 6.07) is 7.25. The number of carbonyl (C=O) groups is 1. The molecule has 1 aromatic carbocycles. The second kappa shape index (κ2) is 4.51. The summed E-state index contributed by atoms with van der Waals surface area (Å²) >= 11 is 0. The Morgan fingerprint density at radius 1 is 1.31 bits per heavy atom. The maximum Gasteiger partial charge on any atom is 0.245 e. The first-order valence-electron chi connectivity index (χ1n) is 5.13. The van der Waals surface area contributed by atoms with Gasteiger partial charge in [0.05, 0.1) is 31.4 Å². The van der Waals surface area contributed by atoms with Gasteiger partial charge in [0.15, 0.2) is 0 Å². The van der Waals surface area contributed by atoms with E-state index in [4.69, 9.17) is 10.2 Å². The van der Waals surface area contributed by atoms with E-state index in [9.17, 15) is 4.79 Å². The molecule has 1 heterocycles. The van der Waals surface area contributed by atoms with Crippen molar-refractivity contribution in [1.82, 2.24) is 5.43 Å². The summed E-state index contributed by atoms with van der Waals surface area (Å²) in [6.07, 6.45) is 0. The van der Waals surface area contributed by atoms with Crippen LogP contribution in [0.25, 0.3) is 0 Å². The standard InChI is InChI=1S/C11H14N2O3/c14-6-8-1-3-10(4-2-8)13-5-9(7-15)11(16)12-13/h1-4,9,14-15H,5-7H2,(H,12,16). The van der Waals surface area contributed by atoms with Gasteiger partial charge in [-0.2, -0.15) is 0 Å². The number of aliphatic hydroxyl groups is 2. The fourth-order valence-corrected chi connectivity index (χ4v) is 1.67. The fraction of sp³-hybridized carbons (Fsp3) is 0.364. The second-order valence-electron chi connectivity index (χ2n) is 3.79. The van der Waals surface area contributed by atoms with Crippen molar-refractivity contribution in [3.05, 3.63) is 29.8 Å². The van der Waals surface area contributed by atoms with Gasteiger partial charge in [-0.25, -0.2) is 0 Å². The SMILES string of the molecule is O=C1NN(c2ccc(CO)cc2)CC1CO. The van der Waals surface area contributed by atoms with Crippen LogP contribution in [0.5, 0.6) is 0 Å². The summed E-state index contributed by atoms with van der Waals surface area (Å²) in [5.41, 5.74) is 4.36. The number of hydrogen-bond donors (Lipinski definition) is 3. The first kappa shape index (κ1) is 10.9. The first-order chi connectivity index (χ1) is 7.74. The van der Waals surface area contributed by atoms with Gasteiger partial charge >= 0.3 is 0 Å². The van der Waals surface area contributed by atoms with Gasteiger partial charge in [-0.3, -0.25) is 15.2 Å². The summed E-state index contributed by atoms with van der Waals surface area (Å²) in [5.74, 6) is -0.522. The molecule has 0 aromatic heterocycles. The predicted molar refractivity (Wildman–Crippen MR) is 58.4 cm³/mol. The Labute approximate surface area is 93.3 Å². The summed E-state index contributed by atoms with van der Waals surface area (Å²) in [7, 11) is 0. The topological polar surface area (TPSA) is 72.8 Å². The van der Waals surface area contributed by atoms with Crippen molar-refractivity contribution < 1.29 is 15.0 Å². The highest BCUT2D eigenvalue weighted by atomic mass is 16.3. The fourth-order valence-electron chi connectivity index (χ4n) is 1.67. The van der Waals surface area contributed by atoms with Gasteiger partial charge in [0.1, 0.15) is 0 Å². The maximum absolute atomic E-state index is 11.4. The first-order valence-corrected chi connectivity index (χ1v) is 5.13. The van der Waals surface area contributed by atoms with E-state index in [0.29, 0.717) is 6.54 Å². The molecule has 16 heavy (non-hydrogen) atoms. The van der Waals surface area contributed by atoms with E-state index in [0.717, 1.165) is 11.3 Å². The molecular formula is C11H14N2O3. The molecule has 1 unspecified atom stereocenters. The quantitative estimate of drug-likeness (QED) is 0.653. The Kier molecular flexibility index (Phi) is 3.07. The number of benzene rings is 1. The normalized spacial score (nSPS) is 20.0. The van der Waals surface area contributed by atoms with Crippen LogP contribution in [0.4, 0.5) is 5.69 Å². The van der Waals surface area contributed by atoms with Crippen LogP contribution < -0.4 is 10.4 Å². The van der Waals surface area contributed by atoms with Crippen LogP contribution >= 0.6 is 0 Å². The molecule has 5 heteroatoms. The van der Waals surface area contributed by atoms with Crippen LogP contribution in [0.1, 0.15) is 5.56 Å². The third-order valence-electron chi connectivity index (χ3n) is 2.67. The van der Waals surface area contributed by atoms with Gasteiger partial charge in [0, 0.05) is 0 Å². The Morgan fingerprint density at radius 2 is 2.00 bits per heavy atom. The molecule has 2 rings (SSSR count). The zero-order chi connectivity index (χ0) is 11.5. The lowest BCUT2D eigenvalue weighted by molar-refractivity contribution is -0.123. The molecule has 86 valence electrons. The van der Waals surface area contributed by atoms with Crippen molar-refractivity contribution in [2.75, 3.05) is 18.2 Å². The van der Waals surface area contributed by atoms with Crippen LogP contribution in [0.3, 0.4) is 0 Å². The molecule has 1 saturated heterocycles. The summed E-state index contributed by atoms with van der Waals surface area (Å²) in [6.45, 7) is 0.330. The molecule has 0 spiro atoms. The van der Waals surface area contributed by atoms with E-state index in [-0.39, 0.29) is 25.0 Å². The zero-order valence-corrected chi connectivity index (χ0v) is 8.76. The van der Waals surface area contributed by atoms with E-state index in [1.54, 1.807) is 17.1 Å². The van der Waals surface area contributed by atoms with E-state index < -0.39 is 0 Å². The van der Waals surface area contributed by atoms with Gasteiger partial charge in [0.25, 0.3) is 0 Å². The number of hydrazine groups is 1. The maximum atomic E-state index is 11.4. The Balaban J connectivity index is 2.11. The largest absolute Gasteiger partial charge is 0.395 e. The lowest BCUT2D eigenvalue weighted by Crippen LogP contribution is -2.32. The van der Waals surface area contributed by atoms with E-state index in [1.165, 1.54) is 0 Å². The second-order valence-corrected chi connectivity index (χ2v) is 3.79. The van der Waals surface area contributed by atoms with Crippen molar-refractivity contribution in [3.8, 4) is 0 Å². The lowest BCUT2D eigenvalue weighted by atomic mass is 10.1. The molecular weight excluding hydrogens is 208 g/mol. The molecule has 1 aromatic rings. The van der Waals surface area contributed by atoms with Crippen molar-refractivity contribution in [3.63, 3.8) is 0 Å². The van der Waals surface area contributed by atoms with Crippen LogP contribution in [0.15, 0.2) is 24.3 Å². The van der Waals surface area contributed by atoms with E-state index in [2.05, 4.69) is 5.43 Å². The minimum Gasteiger partial charge on any atom is -0.395 e. The molecule has 3 N–H and O–H groups in total. The monoisotopic (exact) mass is 222 g/mol. The van der Waals surface area contributed by atoms with Crippen LogP contribution in [0.2, 0.25) is 0 Å². The molecule has 1 aliphatic rings. The van der Waals surface area contributed by atoms with Gasteiger partial charge in [0.2, 0.25) is 5.91 Å². The van der Waals surface area contributed by atoms with E-state index >= 15 is 0 Å². The summed E-state index contributed by atoms with van der Waals surface area (Å²) in [5, 5.41) is 19.6. The zero-order valence-electron chi connectivity index (χ0n) is 8.76. The molecule has 0 radical (unpaired) electrons. The molecule has 5 nitrogen and oxygen atoms in total. The summed E-state index contributed by atoms with van der Waals surface area (Å²) < 4.78 is 0. The average Bonchev–Trinajstić information content (AvgIpc) is 2.71. The van der Waals surface area contributed by atoms with Crippen LogP contribution in [0, 0.1) is 5.92 Å². The average molecular weight is 222 g/mol. The third kappa shape index (κ3) is 2.00. The molecule has 0 bridgehead atoms. The minimum atomic E-state index is -0.363. The van der Waals surface area contributed by atoms with Gasteiger partial charge in [-0.05, 0) is 17.7 Å². The number of nitrogens with one attached hydrogen (secondary N) is 1. The lowest BCUT2D eigenvalue weighted by Gasteiger charge is -2.17. The smallest absolute Gasteiger partial charge is 0.245 e. The number of hydrogen-bond acceptors (Lipinski definition) is 4. The van der Waals surface area contributed by atoms with Crippen molar-refractivity contribution in [2.24, 2.45) is 5.92 Å². The Bertz CT molecular complexity index is 377. The highest BCUT2D eigenvalue weighted by Gasteiger charge is 2.29. The predicted octanol–water partition coefficient (Wildman–Crippen LogP) is -0.361. The van der Waals surface area contributed by atoms with Crippen molar-refractivity contribution in [1.29, 1.82) is 0 Å². The van der Waals surface area contributed by atoms with Crippen molar-refractivity contribution >= 4 is 11.6 Å². The molecule has 1 aliphatic heterocycles. The molecule has 1 amide bonds. The summed E-state index contributed by atoms with van der Waals surface area (Å²) in [4.78, 5) is 11.4. The molecule has 0 aliphatic carbocycles. The highest BCUT2D eigenvalue weighted by Crippen LogP contribution is 2.19. The minimum absolute atomic E-state index is 0.00586. The highest BCUT2D eigenvalue weighted by molar-refractivity contribution is 5.84. The molecule has 1 fully saturated rings. The third-order valence-corrected chi connectivity index (χ3v) is 2.67. The van der Waals surface area contributed by atoms with Gasteiger partial charge in [-0.15, -0.1) is 0 Å². The number of carbonyl (C=O) groups excluding carboxylic acids is 1. The number of amides is 1. The van der Waals surface area contributed by atoms with E-state index in [1.807, 2.05) is 12.1 Å². The molecule has 1 atom stereocenters. The number of aliphatic hydroxyl groups excluding tert-OH is 2. The van der Waals surface area contributed by atoms with Crippen LogP contribution in [-0.4, -0.2) is 29.3 Å². The van der Waals surface area contributed by atoms with Gasteiger partial charge in [-0.1, -0.05) is 12.1 Å². The number of rotatable bonds is 3. The van der Waals surface area contributed by atoms with Gasteiger partial charge < -0.3 is 10.2 Å². The van der Waals surface area contributed by atoms with Crippen LogP contribution in [-0.2, 0) is 11.4 Å². The van der Waals surface area contributed by atoms with Crippen molar-refractivity contribution in [2.45, 2.75) is 6.61 Å². The Hall–Kier alpha value is -1.59.